The van der Waals surface area contributed by atoms with Gasteiger partial charge in [0, 0.05) is 18.8 Å². The average molecular weight is 159 g/mol. The predicted molar refractivity (Wildman–Crippen MR) is 48.5 cm³/mol. The Morgan fingerprint density at radius 3 is 3.17 bits per heavy atom. The normalized spacial score (nSPS) is 17.2. The Kier molecular flexibility index (Phi) is 2.19. The molecule has 0 atom stereocenters. The summed E-state index contributed by atoms with van der Waals surface area (Å²) in [4.78, 5) is 4.25. The minimum Gasteiger partial charge on any atom is -0.313 e. The average Bonchev–Trinajstić information content (AvgIpc) is 2.21. The van der Waals surface area contributed by atoms with Gasteiger partial charge in [-0.2, -0.15) is 0 Å². The molecule has 1 N–H and O–H groups in total. The summed E-state index contributed by atoms with van der Waals surface area (Å²) >= 11 is 0. The van der Waals surface area contributed by atoms with Gasteiger partial charge in [0.05, 0.1) is 5.69 Å². The summed E-state index contributed by atoms with van der Waals surface area (Å²) in [5.74, 6) is 0. The zero-order valence-electron chi connectivity index (χ0n) is 6.88. The molecule has 0 spiro atoms. The molecular weight excluding hydrogens is 148 g/mol. The van der Waals surface area contributed by atoms with E-state index in [2.05, 4.69) is 22.4 Å². The molecule has 0 fully saturated rings. The van der Waals surface area contributed by atoms with E-state index in [-0.39, 0.29) is 0 Å². The number of nitrogens with zero attached hydrogens (tertiary/aromatic N) is 1. The topological polar surface area (TPSA) is 24.9 Å². The molecule has 12 heavy (non-hydrogen) atoms. The van der Waals surface area contributed by atoms with Crippen molar-refractivity contribution >= 4 is 5.57 Å². The summed E-state index contributed by atoms with van der Waals surface area (Å²) in [5.41, 5.74) is 2.44. The maximum absolute atomic E-state index is 4.25. The van der Waals surface area contributed by atoms with Gasteiger partial charge in [-0.25, -0.2) is 0 Å². The summed E-state index contributed by atoms with van der Waals surface area (Å²) < 4.78 is 0. The fourth-order valence-corrected chi connectivity index (χ4v) is 1.37. The van der Waals surface area contributed by atoms with Crippen molar-refractivity contribution in [1.29, 1.82) is 0 Å². The summed E-state index contributed by atoms with van der Waals surface area (Å²) in [6.07, 6.45) is 5.00. The third-order valence-corrected chi connectivity index (χ3v) is 2.01. The Hall–Kier alpha value is -1.15. The molecule has 1 aliphatic heterocycles. The van der Waals surface area contributed by atoms with E-state index in [4.69, 9.17) is 0 Å². The van der Waals surface area contributed by atoms with Crippen molar-refractivity contribution in [3.8, 4) is 0 Å². The lowest BCUT2D eigenvalue weighted by Crippen LogP contribution is -2.20. The number of hydrogen-bond donors (Lipinski definition) is 1. The van der Waals surface area contributed by atoms with Crippen LogP contribution >= 0.6 is 0 Å². The first-order chi connectivity index (χ1) is 5.97. The molecule has 1 aromatic rings. The van der Waals surface area contributed by atoms with Crippen molar-refractivity contribution < 1.29 is 0 Å². The van der Waals surface area contributed by atoms with Gasteiger partial charge in [-0.05, 0) is 24.6 Å². The van der Waals surface area contributed by atoms with E-state index in [1.165, 1.54) is 5.57 Å². The Balaban J connectivity index is 2.24. The quantitative estimate of drug-likeness (QED) is 0.667. The maximum Gasteiger partial charge on any atom is 0.0659 e. The van der Waals surface area contributed by atoms with Crippen LogP contribution in [0.1, 0.15) is 12.1 Å². The maximum atomic E-state index is 4.25. The van der Waals surface area contributed by atoms with Gasteiger partial charge < -0.3 is 5.32 Å². The van der Waals surface area contributed by atoms with Gasteiger partial charge in [0.2, 0.25) is 0 Å². The van der Waals surface area contributed by atoms with Crippen LogP contribution in [0.3, 0.4) is 0 Å². The zero-order chi connectivity index (χ0) is 8.23. The van der Waals surface area contributed by atoms with Gasteiger partial charge in [0.25, 0.3) is 0 Å². The second kappa shape index (κ2) is 3.50. The van der Waals surface area contributed by atoms with Crippen molar-refractivity contribution in [3.63, 3.8) is 0 Å². The van der Waals surface area contributed by atoms with E-state index in [9.17, 15) is 0 Å². The third kappa shape index (κ3) is 1.53. The van der Waals surface area contributed by atoms with Crippen LogP contribution in [0.15, 0.2) is 24.4 Å². The van der Waals surface area contributed by atoms with E-state index < -0.39 is 0 Å². The molecule has 0 bridgehead atoms. The molecule has 2 heteroatoms. The van der Waals surface area contributed by atoms with Crippen molar-refractivity contribution in [3.05, 3.63) is 36.2 Å². The van der Waals surface area contributed by atoms with E-state index in [1.807, 2.05) is 12.1 Å². The highest BCUT2D eigenvalue weighted by Crippen LogP contribution is 2.15. The lowest BCUT2D eigenvalue weighted by atomic mass is 10.1. The first kappa shape index (κ1) is 7.50. The number of rotatable bonds is 1. The molecule has 1 radical (unpaired) electrons. The van der Waals surface area contributed by atoms with Crippen molar-refractivity contribution in [2.75, 3.05) is 13.1 Å². The Labute approximate surface area is 72.3 Å². The summed E-state index contributed by atoms with van der Waals surface area (Å²) in [5, 5.41) is 3.27. The van der Waals surface area contributed by atoms with Crippen LogP contribution < -0.4 is 5.32 Å². The Morgan fingerprint density at radius 2 is 2.50 bits per heavy atom. The Morgan fingerprint density at radius 1 is 1.50 bits per heavy atom. The number of nitrogens with one attached hydrogen (secondary N) is 1. The standard InChI is InChI=1S/C10H11N2/c1-2-6-12-10(3-1)9-4-7-11-8-5-9/h1,3-4,6,11H,5,7-8H2. The lowest BCUT2D eigenvalue weighted by Gasteiger charge is -2.12. The van der Waals surface area contributed by atoms with Crippen molar-refractivity contribution in [2.45, 2.75) is 6.42 Å². The fourth-order valence-electron chi connectivity index (χ4n) is 1.37. The molecule has 0 unspecified atom stereocenters. The molecular formula is C10H11N2. The van der Waals surface area contributed by atoms with Crippen LogP contribution in [0.4, 0.5) is 0 Å². The molecule has 1 aliphatic rings. The fraction of sp³-hybridized carbons (Fsp3) is 0.300. The SMILES string of the molecule is [c]1ccc(C2=CCNCC2)nc1. The minimum atomic E-state index is 0.968. The van der Waals surface area contributed by atoms with Gasteiger partial charge in [0.15, 0.2) is 0 Å². The van der Waals surface area contributed by atoms with Crippen LogP contribution in [-0.4, -0.2) is 18.1 Å². The van der Waals surface area contributed by atoms with Crippen molar-refractivity contribution in [1.82, 2.24) is 10.3 Å². The first-order valence-electron chi connectivity index (χ1n) is 4.19. The molecule has 0 amide bonds. The van der Waals surface area contributed by atoms with Gasteiger partial charge in [-0.1, -0.05) is 12.1 Å². The van der Waals surface area contributed by atoms with E-state index in [0.29, 0.717) is 0 Å². The molecule has 0 saturated heterocycles. The van der Waals surface area contributed by atoms with Gasteiger partial charge in [-0.15, -0.1) is 0 Å². The smallest absolute Gasteiger partial charge is 0.0659 e. The van der Waals surface area contributed by atoms with Gasteiger partial charge >= 0.3 is 0 Å². The van der Waals surface area contributed by atoms with Crippen LogP contribution in [0.25, 0.3) is 5.57 Å². The van der Waals surface area contributed by atoms with Crippen LogP contribution in [-0.2, 0) is 0 Å². The molecule has 0 aliphatic carbocycles. The molecule has 0 aromatic carbocycles. The third-order valence-electron chi connectivity index (χ3n) is 2.01. The summed E-state index contributed by atoms with van der Waals surface area (Å²) in [6.45, 7) is 2.03. The van der Waals surface area contributed by atoms with Crippen LogP contribution in [0.5, 0.6) is 0 Å². The number of hydrogen-bond acceptors (Lipinski definition) is 2. The zero-order valence-corrected chi connectivity index (χ0v) is 6.88. The molecule has 2 nitrogen and oxygen atoms in total. The summed E-state index contributed by atoms with van der Waals surface area (Å²) in [7, 11) is 0. The van der Waals surface area contributed by atoms with Crippen LogP contribution in [0, 0.1) is 6.07 Å². The summed E-state index contributed by atoms with van der Waals surface area (Å²) in [6, 6.07) is 6.84. The first-order valence-corrected chi connectivity index (χ1v) is 4.19. The second-order valence-corrected chi connectivity index (χ2v) is 2.83. The number of pyridine rings is 1. The van der Waals surface area contributed by atoms with E-state index in [1.54, 1.807) is 6.20 Å². The molecule has 61 valence electrons. The highest BCUT2D eigenvalue weighted by Gasteiger charge is 2.04. The van der Waals surface area contributed by atoms with Crippen LogP contribution in [0.2, 0.25) is 0 Å². The van der Waals surface area contributed by atoms with Crippen molar-refractivity contribution in [2.24, 2.45) is 0 Å². The van der Waals surface area contributed by atoms with Gasteiger partial charge in [0.1, 0.15) is 0 Å². The minimum absolute atomic E-state index is 0.968. The highest BCUT2D eigenvalue weighted by atomic mass is 14.9. The monoisotopic (exact) mass is 159 g/mol. The molecule has 2 rings (SSSR count). The largest absolute Gasteiger partial charge is 0.313 e. The predicted octanol–water partition coefficient (Wildman–Crippen LogP) is 1.26. The van der Waals surface area contributed by atoms with E-state index in [0.717, 1.165) is 25.2 Å². The molecule has 0 saturated carbocycles. The molecule has 2 heterocycles. The number of aromatic nitrogens is 1. The van der Waals surface area contributed by atoms with Gasteiger partial charge in [-0.3, -0.25) is 4.98 Å². The second-order valence-electron chi connectivity index (χ2n) is 2.83. The molecule has 1 aromatic heterocycles. The highest BCUT2D eigenvalue weighted by molar-refractivity contribution is 5.63. The lowest BCUT2D eigenvalue weighted by molar-refractivity contribution is 0.737. The Bertz CT molecular complexity index is 277. The van der Waals surface area contributed by atoms with E-state index >= 15 is 0 Å².